The van der Waals surface area contributed by atoms with Gasteiger partial charge in [-0.25, -0.2) is 4.98 Å². The van der Waals surface area contributed by atoms with Crippen LogP contribution in [0.3, 0.4) is 0 Å². The minimum Gasteiger partial charge on any atom is -0.491 e. The van der Waals surface area contributed by atoms with Crippen molar-refractivity contribution < 1.29 is 4.74 Å². The van der Waals surface area contributed by atoms with Crippen molar-refractivity contribution in [2.45, 2.75) is 26.9 Å². The molecule has 0 saturated carbocycles. The van der Waals surface area contributed by atoms with Gasteiger partial charge in [-0.1, -0.05) is 6.07 Å². The minimum absolute atomic E-state index is 0.166. The van der Waals surface area contributed by atoms with Crippen molar-refractivity contribution in [2.24, 2.45) is 0 Å². The molecule has 0 spiro atoms. The van der Waals surface area contributed by atoms with Crippen molar-refractivity contribution >= 4 is 11.5 Å². The molecular weight excluding hydrogens is 262 g/mol. The second-order valence-electron chi connectivity index (χ2n) is 5.47. The van der Waals surface area contributed by atoms with Crippen LogP contribution in [0.2, 0.25) is 0 Å². The van der Waals surface area contributed by atoms with Crippen LogP contribution in [-0.4, -0.2) is 15.5 Å². The Labute approximate surface area is 124 Å². The van der Waals surface area contributed by atoms with E-state index in [1.165, 1.54) is 0 Å². The van der Waals surface area contributed by atoms with Crippen LogP contribution in [0.1, 0.15) is 19.4 Å². The fourth-order valence-corrected chi connectivity index (χ4v) is 2.35. The summed E-state index contributed by atoms with van der Waals surface area (Å²) in [5, 5.41) is 0. The van der Waals surface area contributed by atoms with E-state index in [0.717, 1.165) is 28.2 Å². The second kappa shape index (κ2) is 5.13. The van der Waals surface area contributed by atoms with Gasteiger partial charge >= 0.3 is 0 Å². The van der Waals surface area contributed by atoms with E-state index >= 15 is 0 Å². The van der Waals surface area contributed by atoms with Crippen LogP contribution >= 0.6 is 0 Å². The molecule has 0 unspecified atom stereocenters. The SMILES string of the molecule is Cc1ccc2nc(-c3ccc(OC(C)C)cc3)c(N)n2c1. The first-order valence-electron chi connectivity index (χ1n) is 7.06. The molecule has 0 saturated heterocycles. The number of imidazole rings is 1. The highest BCUT2D eigenvalue weighted by molar-refractivity contribution is 5.75. The summed E-state index contributed by atoms with van der Waals surface area (Å²) in [7, 11) is 0. The van der Waals surface area contributed by atoms with E-state index in [2.05, 4.69) is 4.98 Å². The summed E-state index contributed by atoms with van der Waals surface area (Å²) in [5.41, 5.74) is 10.0. The average Bonchev–Trinajstić information content (AvgIpc) is 2.76. The van der Waals surface area contributed by atoms with Crippen molar-refractivity contribution in [3.63, 3.8) is 0 Å². The maximum Gasteiger partial charge on any atom is 0.139 e. The van der Waals surface area contributed by atoms with E-state index in [4.69, 9.17) is 10.5 Å². The van der Waals surface area contributed by atoms with Gasteiger partial charge < -0.3 is 10.5 Å². The number of anilines is 1. The van der Waals surface area contributed by atoms with Crippen LogP contribution < -0.4 is 10.5 Å². The largest absolute Gasteiger partial charge is 0.491 e. The summed E-state index contributed by atoms with van der Waals surface area (Å²) in [6.07, 6.45) is 2.16. The molecular formula is C17H19N3O. The Bertz CT molecular complexity index is 773. The van der Waals surface area contributed by atoms with Gasteiger partial charge in [-0.3, -0.25) is 4.40 Å². The molecule has 0 fully saturated rings. The van der Waals surface area contributed by atoms with Crippen molar-refractivity contribution in [1.29, 1.82) is 0 Å². The Morgan fingerprint density at radius 1 is 1.10 bits per heavy atom. The van der Waals surface area contributed by atoms with E-state index in [1.54, 1.807) is 0 Å². The van der Waals surface area contributed by atoms with Crippen LogP contribution in [0.25, 0.3) is 16.9 Å². The lowest BCUT2D eigenvalue weighted by atomic mass is 10.1. The fourth-order valence-electron chi connectivity index (χ4n) is 2.35. The number of benzene rings is 1. The topological polar surface area (TPSA) is 52.5 Å². The maximum atomic E-state index is 6.23. The first-order chi connectivity index (χ1) is 10.0. The third-order valence-electron chi connectivity index (χ3n) is 3.30. The van der Waals surface area contributed by atoms with Gasteiger partial charge in [-0.2, -0.15) is 0 Å². The summed E-state index contributed by atoms with van der Waals surface area (Å²) in [6.45, 7) is 6.06. The lowest BCUT2D eigenvalue weighted by molar-refractivity contribution is 0.242. The average molecular weight is 281 g/mol. The van der Waals surface area contributed by atoms with Gasteiger partial charge in [0.05, 0.1) is 6.10 Å². The van der Waals surface area contributed by atoms with Crippen LogP contribution in [-0.2, 0) is 0 Å². The van der Waals surface area contributed by atoms with E-state index in [1.807, 2.05) is 67.8 Å². The van der Waals surface area contributed by atoms with Gasteiger partial charge in [-0.05, 0) is 56.7 Å². The number of nitrogens with two attached hydrogens (primary N) is 1. The normalized spacial score (nSPS) is 11.2. The molecule has 2 aromatic heterocycles. The maximum absolute atomic E-state index is 6.23. The Hall–Kier alpha value is -2.49. The molecule has 0 aliphatic carbocycles. The molecule has 2 heterocycles. The zero-order valence-corrected chi connectivity index (χ0v) is 12.5. The molecule has 0 atom stereocenters. The number of nitrogen functional groups attached to an aromatic ring is 1. The Balaban J connectivity index is 2.02. The van der Waals surface area contributed by atoms with Gasteiger partial charge in [-0.15, -0.1) is 0 Å². The fraction of sp³-hybridized carbons (Fsp3) is 0.235. The number of aromatic nitrogens is 2. The monoisotopic (exact) mass is 281 g/mol. The highest BCUT2D eigenvalue weighted by Crippen LogP contribution is 2.28. The predicted molar refractivity (Wildman–Crippen MR) is 85.5 cm³/mol. The molecule has 4 nitrogen and oxygen atoms in total. The van der Waals surface area contributed by atoms with Gasteiger partial charge in [0, 0.05) is 11.8 Å². The second-order valence-corrected chi connectivity index (χ2v) is 5.47. The highest BCUT2D eigenvalue weighted by atomic mass is 16.5. The molecule has 21 heavy (non-hydrogen) atoms. The summed E-state index contributed by atoms with van der Waals surface area (Å²) < 4.78 is 7.57. The lowest BCUT2D eigenvalue weighted by Gasteiger charge is -2.09. The summed E-state index contributed by atoms with van der Waals surface area (Å²) in [4.78, 5) is 4.61. The number of aryl methyl sites for hydroxylation is 1. The van der Waals surface area contributed by atoms with Gasteiger partial charge in [0.25, 0.3) is 0 Å². The molecule has 3 rings (SSSR count). The van der Waals surface area contributed by atoms with Gasteiger partial charge in [0.1, 0.15) is 22.9 Å². The first kappa shape index (κ1) is 13.5. The quantitative estimate of drug-likeness (QED) is 0.796. The van der Waals surface area contributed by atoms with Crippen molar-refractivity contribution in [2.75, 3.05) is 5.73 Å². The van der Waals surface area contributed by atoms with Gasteiger partial charge in [0.15, 0.2) is 0 Å². The number of pyridine rings is 1. The van der Waals surface area contributed by atoms with Crippen LogP contribution in [0.4, 0.5) is 5.82 Å². The van der Waals surface area contributed by atoms with E-state index in [9.17, 15) is 0 Å². The van der Waals surface area contributed by atoms with Gasteiger partial charge in [0.2, 0.25) is 0 Å². The van der Waals surface area contributed by atoms with E-state index in [0.29, 0.717) is 5.82 Å². The smallest absolute Gasteiger partial charge is 0.139 e. The standard InChI is InChI=1S/C17H19N3O/c1-11(2)21-14-7-5-13(6-8-14)16-17(18)20-10-12(3)4-9-15(20)19-16/h4-11H,18H2,1-3H3. The summed E-state index contributed by atoms with van der Waals surface area (Å²) in [5.74, 6) is 1.51. The molecule has 1 aromatic carbocycles. The number of rotatable bonds is 3. The first-order valence-corrected chi connectivity index (χ1v) is 7.06. The van der Waals surface area contributed by atoms with Crippen molar-refractivity contribution in [3.8, 4) is 17.0 Å². The predicted octanol–water partition coefficient (Wildman–Crippen LogP) is 3.68. The van der Waals surface area contributed by atoms with E-state index in [-0.39, 0.29) is 6.10 Å². The summed E-state index contributed by atoms with van der Waals surface area (Å²) >= 11 is 0. The molecule has 3 aromatic rings. The number of ether oxygens (including phenoxy) is 1. The Morgan fingerprint density at radius 3 is 2.48 bits per heavy atom. The summed E-state index contributed by atoms with van der Waals surface area (Å²) in [6, 6.07) is 11.9. The number of hydrogen-bond acceptors (Lipinski definition) is 3. The molecule has 0 aliphatic rings. The zero-order chi connectivity index (χ0) is 15.0. The molecule has 0 aliphatic heterocycles. The Morgan fingerprint density at radius 2 is 1.81 bits per heavy atom. The van der Waals surface area contributed by atoms with E-state index < -0.39 is 0 Å². The molecule has 0 radical (unpaired) electrons. The number of fused-ring (bicyclic) bond motifs is 1. The van der Waals surface area contributed by atoms with Crippen LogP contribution in [0.5, 0.6) is 5.75 Å². The number of nitrogens with zero attached hydrogens (tertiary/aromatic N) is 2. The van der Waals surface area contributed by atoms with Crippen LogP contribution in [0.15, 0.2) is 42.6 Å². The number of hydrogen-bond donors (Lipinski definition) is 1. The third-order valence-corrected chi connectivity index (χ3v) is 3.30. The van der Waals surface area contributed by atoms with Crippen molar-refractivity contribution in [1.82, 2.24) is 9.38 Å². The van der Waals surface area contributed by atoms with Crippen LogP contribution in [0, 0.1) is 6.92 Å². The van der Waals surface area contributed by atoms with Crippen molar-refractivity contribution in [3.05, 3.63) is 48.2 Å². The lowest BCUT2D eigenvalue weighted by Crippen LogP contribution is -2.05. The molecule has 0 bridgehead atoms. The Kier molecular flexibility index (Phi) is 3.29. The molecule has 108 valence electrons. The third kappa shape index (κ3) is 2.57. The minimum atomic E-state index is 0.166. The highest BCUT2D eigenvalue weighted by Gasteiger charge is 2.11. The zero-order valence-electron chi connectivity index (χ0n) is 12.5. The molecule has 4 heteroatoms. The molecule has 0 amide bonds. The molecule has 2 N–H and O–H groups in total.